The molecule has 6 heteroatoms. The standard InChI is InChI=1S/C24H25N3O3/c1-3-29-23-16-19(17-25-27(2)21-12-8-5-9-13-21)14-15-22(23)30-18-24(28)26-20-10-6-4-7-11-20/h4-17H,3,18H2,1-2H3,(H,26,28)/b25-17-. The highest BCUT2D eigenvalue weighted by atomic mass is 16.5. The van der Waals surface area contributed by atoms with Crippen molar-refractivity contribution in [2.45, 2.75) is 6.92 Å². The van der Waals surface area contributed by atoms with E-state index in [1.807, 2.05) is 86.8 Å². The van der Waals surface area contributed by atoms with Crippen LogP contribution in [0.3, 0.4) is 0 Å². The number of nitrogens with one attached hydrogen (secondary N) is 1. The number of benzene rings is 3. The average Bonchev–Trinajstić information content (AvgIpc) is 2.78. The fraction of sp³-hybridized carbons (Fsp3) is 0.167. The van der Waals surface area contributed by atoms with Gasteiger partial charge in [0, 0.05) is 12.7 Å². The zero-order valence-electron chi connectivity index (χ0n) is 17.1. The number of rotatable bonds is 9. The Kier molecular flexibility index (Phi) is 7.44. The second kappa shape index (κ2) is 10.7. The summed E-state index contributed by atoms with van der Waals surface area (Å²) < 4.78 is 11.4. The topological polar surface area (TPSA) is 63.2 Å². The molecule has 1 amide bonds. The molecule has 0 aliphatic heterocycles. The molecule has 0 atom stereocenters. The Morgan fingerprint density at radius 2 is 1.67 bits per heavy atom. The third kappa shape index (κ3) is 6.10. The molecule has 3 rings (SSSR count). The summed E-state index contributed by atoms with van der Waals surface area (Å²) in [6, 6.07) is 24.6. The van der Waals surface area contributed by atoms with Crippen molar-refractivity contribution in [2.24, 2.45) is 5.10 Å². The van der Waals surface area contributed by atoms with Gasteiger partial charge in [0.1, 0.15) is 0 Å². The minimum absolute atomic E-state index is 0.112. The first-order valence-electron chi connectivity index (χ1n) is 9.73. The van der Waals surface area contributed by atoms with Gasteiger partial charge >= 0.3 is 0 Å². The third-order valence-electron chi connectivity index (χ3n) is 4.19. The van der Waals surface area contributed by atoms with Gasteiger partial charge in [-0.3, -0.25) is 9.80 Å². The van der Waals surface area contributed by atoms with Gasteiger partial charge in [-0.25, -0.2) is 0 Å². The number of carbonyl (C=O) groups is 1. The van der Waals surface area contributed by atoms with E-state index in [0.717, 1.165) is 16.9 Å². The first kappa shape index (κ1) is 20.9. The van der Waals surface area contributed by atoms with Crippen molar-refractivity contribution in [3.63, 3.8) is 0 Å². The summed E-state index contributed by atoms with van der Waals surface area (Å²) in [6.07, 6.45) is 1.75. The molecule has 0 bridgehead atoms. The van der Waals surface area contributed by atoms with Crippen molar-refractivity contribution in [2.75, 3.05) is 30.6 Å². The molecule has 3 aromatic carbocycles. The minimum Gasteiger partial charge on any atom is -0.490 e. The van der Waals surface area contributed by atoms with Gasteiger partial charge in [-0.15, -0.1) is 0 Å². The van der Waals surface area contributed by atoms with E-state index >= 15 is 0 Å². The smallest absolute Gasteiger partial charge is 0.262 e. The lowest BCUT2D eigenvalue weighted by Crippen LogP contribution is -2.20. The zero-order valence-corrected chi connectivity index (χ0v) is 17.1. The van der Waals surface area contributed by atoms with Crippen molar-refractivity contribution in [3.05, 3.63) is 84.4 Å². The predicted molar refractivity (Wildman–Crippen MR) is 121 cm³/mol. The highest BCUT2D eigenvalue weighted by Gasteiger charge is 2.09. The molecule has 0 unspecified atom stereocenters. The van der Waals surface area contributed by atoms with Crippen molar-refractivity contribution < 1.29 is 14.3 Å². The molecule has 0 saturated carbocycles. The summed E-state index contributed by atoms with van der Waals surface area (Å²) in [6.45, 7) is 2.27. The quantitative estimate of drug-likeness (QED) is 0.420. The lowest BCUT2D eigenvalue weighted by molar-refractivity contribution is -0.118. The Balaban J connectivity index is 1.64. The maximum absolute atomic E-state index is 12.1. The Morgan fingerprint density at radius 3 is 2.37 bits per heavy atom. The summed E-state index contributed by atoms with van der Waals surface area (Å²) in [5.74, 6) is 0.837. The van der Waals surface area contributed by atoms with Gasteiger partial charge < -0.3 is 14.8 Å². The van der Waals surface area contributed by atoms with Crippen molar-refractivity contribution in [3.8, 4) is 11.5 Å². The fourth-order valence-electron chi connectivity index (χ4n) is 2.72. The van der Waals surface area contributed by atoms with Gasteiger partial charge in [0.2, 0.25) is 0 Å². The van der Waals surface area contributed by atoms with Crippen LogP contribution in [0.5, 0.6) is 11.5 Å². The molecule has 6 nitrogen and oxygen atoms in total. The Hall–Kier alpha value is -3.80. The summed E-state index contributed by atoms with van der Waals surface area (Å²) in [5, 5.41) is 9.05. The molecule has 0 fully saturated rings. The Morgan fingerprint density at radius 1 is 0.967 bits per heavy atom. The van der Waals surface area contributed by atoms with E-state index in [9.17, 15) is 4.79 Å². The summed E-state index contributed by atoms with van der Waals surface area (Å²) in [4.78, 5) is 12.1. The predicted octanol–water partition coefficient (Wildman–Crippen LogP) is 4.57. The highest BCUT2D eigenvalue weighted by Crippen LogP contribution is 2.28. The van der Waals surface area contributed by atoms with Crippen molar-refractivity contribution in [1.82, 2.24) is 0 Å². The summed E-state index contributed by atoms with van der Waals surface area (Å²) in [7, 11) is 1.89. The molecule has 0 radical (unpaired) electrons. The second-order valence-electron chi connectivity index (χ2n) is 6.45. The summed E-state index contributed by atoms with van der Waals surface area (Å²) in [5.41, 5.74) is 2.58. The van der Waals surface area contributed by atoms with Crippen LogP contribution >= 0.6 is 0 Å². The van der Waals surface area contributed by atoms with Crippen LogP contribution in [0.1, 0.15) is 12.5 Å². The van der Waals surface area contributed by atoms with Crippen LogP contribution < -0.4 is 19.8 Å². The van der Waals surface area contributed by atoms with Gasteiger partial charge in [-0.1, -0.05) is 36.4 Å². The minimum atomic E-state index is -0.237. The molecule has 1 N–H and O–H groups in total. The number of carbonyl (C=O) groups excluding carboxylic acids is 1. The normalized spacial score (nSPS) is 10.6. The number of nitrogens with zero attached hydrogens (tertiary/aromatic N) is 2. The SMILES string of the molecule is CCOc1cc(/C=N\N(C)c2ccccc2)ccc1OCC(=O)Nc1ccccc1. The molecular formula is C24H25N3O3. The van der Waals surface area contributed by atoms with Crippen LogP contribution in [-0.2, 0) is 4.79 Å². The third-order valence-corrected chi connectivity index (χ3v) is 4.19. The number of amides is 1. The molecule has 0 aliphatic rings. The van der Waals surface area contributed by atoms with Crippen LogP contribution in [-0.4, -0.2) is 32.4 Å². The Bertz CT molecular complexity index is 976. The first-order chi connectivity index (χ1) is 14.7. The molecule has 0 aromatic heterocycles. The summed E-state index contributed by atoms with van der Waals surface area (Å²) >= 11 is 0. The molecule has 154 valence electrons. The monoisotopic (exact) mass is 403 g/mol. The van der Waals surface area contributed by atoms with Crippen LogP contribution in [0, 0.1) is 0 Å². The molecule has 0 spiro atoms. The second-order valence-corrected chi connectivity index (χ2v) is 6.45. The lowest BCUT2D eigenvalue weighted by Gasteiger charge is -2.14. The van der Waals surface area contributed by atoms with E-state index in [2.05, 4.69) is 10.4 Å². The van der Waals surface area contributed by atoms with Crippen molar-refractivity contribution in [1.29, 1.82) is 0 Å². The van der Waals surface area contributed by atoms with Gasteiger partial charge in [-0.05, 0) is 55.0 Å². The molecule has 0 saturated heterocycles. The number of hydrazone groups is 1. The molecular weight excluding hydrogens is 378 g/mol. The number of anilines is 2. The van der Waals surface area contributed by atoms with E-state index in [1.165, 1.54) is 0 Å². The van der Waals surface area contributed by atoms with Gasteiger partial charge in [0.05, 0.1) is 18.5 Å². The van der Waals surface area contributed by atoms with E-state index in [-0.39, 0.29) is 12.5 Å². The van der Waals surface area contributed by atoms with E-state index in [0.29, 0.717) is 18.1 Å². The number of ether oxygens (including phenoxy) is 2. The zero-order chi connectivity index (χ0) is 21.2. The van der Waals surface area contributed by atoms with Gasteiger partial charge in [0.15, 0.2) is 18.1 Å². The maximum Gasteiger partial charge on any atom is 0.262 e. The number of hydrogen-bond acceptors (Lipinski definition) is 5. The van der Waals surface area contributed by atoms with Crippen molar-refractivity contribution >= 4 is 23.5 Å². The largest absolute Gasteiger partial charge is 0.490 e. The number of para-hydroxylation sites is 2. The molecule has 0 heterocycles. The molecule has 0 aliphatic carbocycles. The van der Waals surface area contributed by atoms with Crippen LogP contribution in [0.25, 0.3) is 0 Å². The first-order valence-corrected chi connectivity index (χ1v) is 9.73. The molecule has 3 aromatic rings. The molecule has 30 heavy (non-hydrogen) atoms. The Labute approximate surface area is 176 Å². The van der Waals surface area contributed by atoms with Gasteiger partial charge in [0.25, 0.3) is 5.91 Å². The number of hydrogen-bond donors (Lipinski definition) is 1. The highest BCUT2D eigenvalue weighted by molar-refractivity contribution is 5.91. The maximum atomic E-state index is 12.1. The van der Waals surface area contributed by atoms with Crippen LogP contribution in [0.4, 0.5) is 11.4 Å². The van der Waals surface area contributed by atoms with Gasteiger partial charge in [-0.2, -0.15) is 5.10 Å². The van der Waals surface area contributed by atoms with E-state index < -0.39 is 0 Å². The van der Waals surface area contributed by atoms with E-state index in [1.54, 1.807) is 17.3 Å². The van der Waals surface area contributed by atoms with Crippen LogP contribution in [0.2, 0.25) is 0 Å². The average molecular weight is 403 g/mol. The van der Waals surface area contributed by atoms with E-state index in [4.69, 9.17) is 9.47 Å². The fourth-order valence-corrected chi connectivity index (χ4v) is 2.72. The van der Waals surface area contributed by atoms with Crippen LogP contribution in [0.15, 0.2) is 84.0 Å². The lowest BCUT2D eigenvalue weighted by atomic mass is 10.2.